The van der Waals surface area contributed by atoms with Crippen LogP contribution in [0.1, 0.15) is 24.2 Å². The number of anilines is 1. The number of nitrogens with one attached hydrogen (secondary N) is 1. The van der Waals surface area contributed by atoms with Crippen molar-refractivity contribution in [2.24, 2.45) is 0 Å². The average Bonchev–Trinajstić information content (AvgIpc) is 3.14. The SMILES string of the molecule is CC(=O)Nc1scc(-c2cccs2)c1C(=O)O[C@H](C)C(=O)N(C)C. The minimum Gasteiger partial charge on any atom is -0.449 e. The monoisotopic (exact) mass is 366 g/mol. The fraction of sp³-hybridized carbons (Fsp3) is 0.312. The summed E-state index contributed by atoms with van der Waals surface area (Å²) < 4.78 is 5.31. The van der Waals surface area contributed by atoms with Gasteiger partial charge in [-0.05, 0) is 18.4 Å². The molecule has 24 heavy (non-hydrogen) atoms. The van der Waals surface area contributed by atoms with Gasteiger partial charge < -0.3 is 15.0 Å². The van der Waals surface area contributed by atoms with Gasteiger partial charge in [0.2, 0.25) is 5.91 Å². The van der Waals surface area contributed by atoms with Crippen LogP contribution in [0.15, 0.2) is 22.9 Å². The third kappa shape index (κ3) is 4.01. The summed E-state index contributed by atoms with van der Waals surface area (Å²) in [4.78, 5) is 38.2. The van der Waals surface area contributed by atoms with E-state index in [-0.39, 0.29) is 17.4 Å². The zero-order valence-electron chi connectivity index (χ0n) is 13.8. The van der Waals surface area contributed by atoms with Gasteiger partial charge in [0.1, 0.15) is 10.6 Å². The van der Waals surface area contributed by atoms with Crippen molar-refractivity contribution in [1.29, 1.82) is 0 Å². The van der Waals surface area contributed by atoms with Crippen LogP contribution in [-0.4, -0.2) is 42.9 Å². The summed E-state index contributed by atoms with van der Waals surface area (Å²) in [6.45, 7) is 2.90. The molecule has 0 spiro atoms. The molecular formula is C16H18N2O4S2. The lowest BCUT2D eigenvalue weighted by Gasteiger charge is -2.17. The molecule has 0 unspecified atom stereocenters. The summed E-state index contributed by atoms with van der Waals surface area (Å²) in [7, 11) is 3.19. The van der Waals surface area contributed by atoms with E-state index in [9.17, 15) is 14.4 Å². The van der Waals surface area contributed by atoms with Crippen LogP contribution >= 0.6 is 22.7 Å². The molecule has 0 saturated carbocycles. The van der Waals surface area contributed by atoms with Crippen molar-refractivity contribution in [3.63, 3.8) is 0 Å². The Morgan fingerprint density at radius 1 is 1.25 bits per heavy atom. The summed E-state index contributed by atoms with van der Waals surface area (Å²) in [5.41, 5.74) is 0.962. The van der Waals surface area contributed by atoms with Crippen LogP contribution in [0.25, 0.3) is 10.4 Å². The van der Waals surface area contributed by atoms with E-state index in [0.717, 1.165) is 4.88 Å². The Balaban J connectivity index is 2.35. The summed E-state index contributed by atoms with van der Waals surface area (Å²) in [5, 5.41) is 6.77. The van der Waals surface area contributed by atoms with Gasteiger partial charge in [0, 0.05) is 36.8 Å². The van der Waals surface area contributed by atoms with E-state index in [2.05, 4.69) is 5.32 Å². The van der Waals surface area contributed by atoms with Crippen LogP contribution in [0.2, 0.25) is 0 Å². The third-order valence-corrected chi connectivity index (χ3v) is 4.94. The lowest BCUT2D eigenvalue weighted by Crippen LogP contribution is -2.35. The minimum atomic E-state index is -0.909. The molecule has 0 saturated heterocycles. The number of ether oxygens (including phenoxy) is 1. The van der Waals surface area contributed by atoms with Crippen molar-refractivity contribution in [2.45, 2.75) is 20.0 Å². The summed E-state index contributed by atoms with van der Waals surface area (Å²) in [6.07, 6.45) is -0.909. The average molecular weight is 366 g/mol. The molecule has 0 aliphatic rings. The maximum Gasteiger partial charge on any atom is 0.342 e. The molecule has 0 bridgehead atoms. The number of hydrogen-bond donors (Lipinski definition) is 1. The highest BCUT2D eigenvalue weighted by molar-refractivity contribution is 7.17. The number of carbonyl (C=O) groups is 3. The molecular weight excluding hydrogens is 348 g/mol. The Morgan fingerprint density at radius 3 is 2.50 bits per heavy atom. The zero-order chi connectivity index (χ0) is 17.9. The molecule has 2 aromatic rings. The quantitative estimate of drug-likeness (QED) is 0.825. The topological polar surface area (TPSA) is 75.7 Å². The molecule has 128 valence electrons. The van der Waals surface area contributed by atoms with Crippen molar-refractivity contribution in [1.82, 2.24) is 4.90 Å². The first-order valence-electron chi connectivity index (χ1n) is 7.16. The lowest BCUT2D eigenvalue weighted by atomic mass is 10.1. The molecule has 0 fully saturated rings. The van der Waals surface area contributed by atoms with Crippen LogP contribution in [0.3, 0.4) is 0 Å². The lowest BCUT2D eigenvalue weighted by molar-refractivity contribution is -0.137. The molecule has 2 rings (SSSR count). The molecule has 8 heteroatoms. The number of esters is 1. The van der Waals surface area contributed by atoms with Gasteiger partial charge >= 0.3 is 5.97 Å². The maximum atomic E-state index is 12.6. The van der Waals surface area contributed by atoms with Gasteiger partial charge in [-0.2, -0.15) is 0 Å². The molecule has 6 nitrogen and oxygen atoms in total. The second-order valence-corrected chi connectivity index (χ2v) is 7.12. The normalized spacial score (nSPS) is 11.7. The predicted molar refractivity (Wildman–Crippen MR) is 95.5 cm³/mol. The molecule has 2 heterocycles. The highest BCUT2D eigenvalue weighted by Crippen LogP contribution is 2.38. The van der Waals surface area contributed by atoms with Gasteiger partial charge in [-0.25, -0.2) is 4.79 Å². The fourth-order valence-corrected chi connectivity index (χ4v) is 3.88. The highest BCUT2D eigenvalue weighted by Gasteiger charge is 2.27. The number of rotatable bonds is 5. The fourth-order valence-electron chi connectivity index (χ4n) is 2.06. The number of nitrogens with zero attached hydrogens (tertiary/aromatic N) is 1. The van der Waals surface area contributed by atoms with Crippen molar-refractivity contribution in [3.05, 3.63) is 28.5 Å². The largest absolute Gasteiger partial charge is 0.449 e. The molecule has 0 aliphatic heterocycles. The van der Waals surface area contributed by atoms with Gasteiger partial charge in [-0.1, -0.05) is 6.07 Å². The van der Waals surface area contributed by atoms with Crippen molar-refractivity contribution in [2.75, 3.05) is 19.4 Å². The molecule has 0 aliphatic carbocycles. The van der Waals surface area contributed by atoms with Crippen LogP contribution in [-0.2, 0) is 14.3 Å². The minimum absolute atomic E-state index is 0.274. The Bertz CT molecular complexity index is 750. The van der Waals surface area contributed by atoms with Gasteiger partial charge in [0.25, 0.3) is 5.91 Å². The zero-order valence-corrected chi connectivity index (χ0v) is 15.4. The highest BCUT2D eigenvalue weighted by atomic mass is 32.1. The van der Waals surface area contributed by atoms with E-state index in [4.69, 9.17) is 4.74 Å². The Labute approximate surface area is 148 Å². The first kappa shape index (κ1) is 18.2. The number of likely N-dealkylation sites (N-methyl/N-ethyl adjacent to an activating group) is 1. The van der Waals surface area contributed by atoms with Crippen LogP contribution < -0.4 is 5.32 Å². The first-order chi connectivity index (χ1) is 11.3. The molecule has 0 aromatic carbocycles. The van der Waals surface area contributed by atoms with E-state index in [0.29, 0.717) is 10.6 Å². The van der Waals surface area contributed by atoms with E-state index in [1.54, 1.807) is 19.5 Å². The van der Waals surface area contributed by atoms with Crippen LogP contribution in [0, 0.1) is 0 Å². The number of hydrogen-bond acceptors (Lipinski definition) is 6. The van der Waals surface area contributed by atoms with E-state index in [1.165, 1.54) is 41.4 Å². The predicted octanol–water partition coefficient (Wildman–Crippen LogP) is 3.07. The molecule has 2 aromatic heterocycles. The second-order valence-electron chi connectivity index (χ2n) is 5.29. The number of thiophene rings is 2. The number of amides is 2. The van der Waals surface area contributed by atoms with E-state index < -0.39 is 12.1 Å². The summed E-state index contributed by atoms with van der Waals surface area (Å²) in [6, 6.07) is 3.76. The molecule has 1 N–H and O–H groups in total. The van der Waals surface area contributed by atoms with Crippen LogP contribution in [0.4, 0.5) is 5.00 Å². The smallest absolute Gasteiger partial charge is 0.342 e. The Morgan fingerprint density at radius 2 is 1.96 bits per heavy atom. The number of carbonyl (C=O) groups excluding carboxylic acids is 3. The third-order valence-electron chi connectivity index (χ3n) is 3.14. The summed E-state index contributed by atoms with van der Waals surface area (Å²) >= 11 is 2.73. The molecule has 2 amide bonds. The van der Waals surface area contributed by atoms with Crippen molar-refractivity contribution >= 4 is 45.5 Å². The molecule has 0 radical (unpaired) electrons. The van der Waals surface area contributed by atoms with Gasteiger partial charge in [0.15, 0.2) is 6.10 Å². The van der Waals surface area contributed by atoms with Gasteiger partial charge in [-0.15, -0.1) is 22.7 Å². The first-order valence-corrected chi connectivity index (χ1v) is 8.92. The summed E-state index contributed by atoms with van der Waals surface area (Å²) in [5.74, 6) is -1.22. The standard InChI is InChI=1S/C16H18N2O4S2/c1-9(15(20)18(3)4)22-16(21)13-11(12-6-5-7-23-12)8-24-14(13)17-10(2)19/h5-9H,1-4H3,(H,17,19)/t9-/m1/s1. The van der Waals surface area contributed by atoms with Crippen LogP contribution in [0.5, 0.6) is 0 Å². The van der Waals surface area contributed by atoms with Crippen molar-refractivity contribution < 1.29 is 19.1 Å². The van der Waals surface area contributed by atoms with Crippen molar-refractivity contribution in [3.8, 4) is 10.4 Å². The maximum absolute atomic E-state index is 12.6. The Kier molecular flexibility index (Phi) is 5.74. The van der Waals surface area contributed by atoms with Gasteiger partial charge in [-0.3, -0.25) is 9.59 Å². The molecule has 1 atom stereocenters. The second kappa shape index (κ2) is 7.59. The van der Waals surface area contributed by atoms with E-state index >= 15 is 0 Å². The van der Waals surface area contributed by atoms with Gasteiger partial charge in [0.05, 0.1) is 0 Å². The van der Waals surface area contributed by atoms with E-state index in [1.807, 2.05) is 17.5 Å². The Hall–Kier alpha value is -2.19.